The van der Waals surface area contributed by atoms with Crippen molar-refractivity contribution in [1.82, 2.24) is 10.6 Å². The number of alkyl halides is 3. The maximum atomic E-state index is 11.8. The predicted octanol–water partition coefficient (Wildman–Crippen LogP) is 0.807. The van der Waals surface area contributed by atoms with E-state index in [0.29, 0.717) is 6.54 Å². The van der Waals surface area contributed by atoms with Gasteiger partial charge >= 0.3 is 6.18 Å². The zero-order valence-corrected chi connectivity index (χ0v) is 7.66. The SMILES string of the molecule is O=C(CC(F)(F)F)N[C@H]1CCCNC1. The standard InChI is InChI=1S/C8H13F3N2O/c9-8(10,11)4-7(14)13-6-2-1-3-12-5-6/h6,12H,1-5H2,(H,13,14)/t6-/m0/s1. The van der Waals surface area contributed by atoms with Crippen LogP contribution in [0.4, 0.5) is 13.2 Å². The lowest BCUT2D eigenvalue weighted by Gasteiger charge is -2.23. The summed E-state index contributed by atoms with van der Waals surface area (Å²) in [6, 6.07) is -0.154. The lowest BCUT2D eigenvalue weighted by molar-refractivity contribution is -0.154. The summed E-state index contributed by atoms with van der Waals surface area (Å²) in [7, 11) is 0. The summed E-state index contributed by atoms with van der Waals surface area (Å²) in [5.74, 6) is -0.939. The normalized spacial score (nSPS) is 23.2. The zero-order valence-electron chi connectivity index (χ0n) is 7.66. The molecule has 6 heteroatoms. The molecule has 0 aliphatic carbocycles. The molecule has 0 aromatic heterocycles. The largest absolute Gasteiger partial charge is 0.397 e. The van der Waals surface area contributed by atoms with Crippen LogP contribution in [0.5, 0.6) is 0 Å². The Morgan fingerprint density at radius 3 is 2.71 bits per heavy atom. The first kappa shape index (κ1) is 11.3. The van der Waals surface area contributed by atoms with Crippen molar-refractivity contribution in [3.63, 3.8) is 0 Å². The number of carbonyl (C=O) groups is 1. The summed E-state index contributed by atoms with van der Waals surface area (Å²) >= 11 is 0. The monoisotopic (exact) mass is 210 g/mol. The highest BCUT2D eigenvalue weighted by Gasteiger charge is 2.32. The molecule has 0 aromatic rings. The van der Waals surface area contributed by atoms with Gasteiger partial charge < -0.3 is 10.6 Å². The van der Waals surface area contributed by atoms with E-state index < -0.39 is 18.5 Å². The molecule has 0 bridgehead atoms. The van der Waals surface area contributed by atoms with Crippen molar-refractivity contribution in [3.05, 3.63) is 0 Å². The van der Waals surface area contributed by atoms with Gasteiger partial charge in [0.05, 0.1) is 0 Å². The van der Waals surface area contributed by atoms with Crippen molar-refractivity contribution in [2.45, 2.75) is 31.5 Å². The fraction of sp³-hybridized carbons (Fsp3) is 0.875. The van der Waals surface area contributed by atoms with Crippen molar-refractivity contribution in [2.75, 3.05) is 13.1 Å². The maximum Gasteiger partial charge on any atom is 0.397 e. The Morgan fingerprint density at radius 1 is 1.50 bits per heavy atom. The Labute approximate surface area is 80.0 Å². The first-order valence-electron chi connectivity index (χ1n) is 4.54. The smallest absolute Gasteiger partial charge is 0.352 e. The van der Waals surface area contributed by atoms with Gasteiger partial charge in [-0.05, 0) is 19.4 Å². The molecule has 1 saturated heterocycles. The summed E-state index contributed by atoms with van der Waals surface area (Å²) in [5, 5.41) is 5.36. The molecule has 1 aliphatic heterocycles. The molecule has 0 saturated carbocycles. The van der Waals surface area contributed by atoms with Gasteiger partial charge in [0.15, 0.2) is 0 Å². The minimum Gasteiger partial charge on any atom is -0.352 e. The lowest BCUT2D eigenvalue weighted by atomic mass is 10.1. The van der Waals surface area contributed by atoms with E-state index in [1.165, 1.54) is 0 Å². The van der Waals surface area contributed by atoms with Crippen LogP contribution >= 0.6 is 0 Å². The van der Waals surface area contributed by atoms with E-state index in [4.69, 9.17) is 0 Å². The summed E-state index contributed by atoms with van der Waals surface area (Å²) < 4.78 is 35.4. The van der Waals surface area contributed by atoms with Crippen LogP contribution in [0.15, 0.2) is 0 Å². The second-order valence-electron chi connectivity index (χ2n) is 3.40. The molecule has 3 nitrogen and oxygen atoms in total. The van der Waals surface area contributed by atoms with Gasteiger partial charge in [-0.1, -0.05) is 0 Å². The molecular weight excluding hydrogens is 197 g/mol. The second-order valence-corrected chi connectivity index (χ2v) is 3.40. The maximum absolute atomic E-state index is 11.8. The van der Waals surface area contributed by atoms with Crippen LogP contribution in [0.2, 0.25) is 0 Å². The van der Waals surface area contributed by atoms with Gasteiger partial charge in [0.1, 0.15) is 6.42 Å². The summed E-state index contributed by atoms with van der Waals surface area (Å²) in [5.41, 5.74) is 0. The van der Waals surface area contributed by atoms with Gasteiger partial charge in [-0.2, -0.15) is 13.2 Å². The van der Waals surface area contributed by atoms with Gasteiger partial charge in [-0.15, -0.1) is 0 Å². The highest BCUT2D eigenvalue weighted by Crippen LogP contribution is 2.19. The Kier molecular flexibility index (Phi) is 3.74. The van der Waals surface area contributed by atoms with E-state index in [1.54, 1.807) is 0 Å². The average Bonchev–Trinajstić information content (AvgIpc) is 2.02. The molecule has 0 unspecified atom stereocenters. The minimum absolute atomic E-state index is 0.154. The van der Waals surface area contributed by atoms with Crippen molar-refractivity contribution in [1.29, 1.82) is 0 Å². The van der Waals surface area contributed by atoms with Crippen molar-refractivity contribution in [2.24, 2.45) is 0 Å². The fourth-order valence-corrected chi connectivity index (χ4v) is 1.44. The van der Waals surface area contributed by atoms with E-state index in [-0.39, 0.29) is 6.04 Å². The molecule has 1 aliphatic rings. The summed E-state index contributed by atoms with van der Waals surface area (Å²) in [6.07, 6.45) is -4.16. The highest BCUT2D eigenvalue weighted by molar-refractivity contribution is 5.76. The molecule has 82 valence electrons. The number of nitrogens with one attached hydrogen (secondary N) is 2. The van der Waals surface area contributed by atoms with Crippen LogP contribution in [0.1, 0.15) is 19.3 Å². The van der Waals surface area contributed by atoms with E-state index in [9.17, 15) is 18.0 Å². The van der Waals surface area contributed by atoms with Gasteiger partial charge in [0, 0.05) is 12.6 Å². The van der Waals surface area contributed by atoms with Crippen molar-refractivity contribution < 1.29 is 18.0 Å². The number of hydrogen-bond acceptors (Lipinski definition) is 2. The van der Waals surface area contributed by atoms with Gasteiger partial charge in [0.25, 0.3) is 0 Å². The number of amides is 1. The minimum atomic E-state index is -4.41. The summed E-state index contributed by atoms with van der Waals surface area (Å²) in [4.78, 5) is 10.9. The molecular formula is C8H13F3N2O. The van der Waals surface area contributed by atoms with Crippen LogP contribution < -0.4 is 10.6 Å². The topological polar surface area (TPSA) is 41.1 Å². The lowest BCUT2D eigenvalue weighted by Crippen LogP contribution is -2.46. The molecule has 2 N–H and O–H groups in total. The van der Waals surface area contributed by atoms with Crippen LogP contribution in [0.25, 0.3) is 0 Å². The third-order valence-electron chi connectivity index (χ3n) is 2.02. The molecule has 1 fully saturated rings. The molecule has 1 atom stereocenters. The number of carbonyl (C=O) groups excluding carboxylic acids is 1. The van der Waals surface area contributed by atoms with Crippen molar-refractivity contribution >= 4 is 5.91 Å². The predicted molar refractivity (Wildman–Crippen MR) is 44.7 cm³/mol. The molecule has 1 heterocycles. The van der Waals surface area contributed by atoms with E-state index in [1.807, 2.05) is 0 Å². The molecule has 0 aromatic carbocycles. The molecule has 1 amide bonds. The Balaban J connectivity index is 2.25. The molecule has 1 rings (SSSR count). The average molecular weight is 210 g/mol. The van der Waals surface area contributed by atoms with Gasteiger partial charge in [-0.3, -0.25) is 4.79 Å². The Hall–Kier alpha value is -0.780. The first-order chi connectivity index (χ1) is 6.47. The number of halogens is 3. The second kappa shape index (κ2) is 4.63. The van der Waals surface area contributed by atoms with E-state index in [2.05, 4.69) is 10.6 Å². The third kappa shape index (κ3) is 4.45. The van der Waals surface area contributed by atoms with Crippen LogP contribution in [-0.2, 0) is 4.79 Å². The number of piperidine rings is 1. The van der Waals surface area contributed by atoms with Crippen LogP contribution in [-0.4, -0.2) is 31.2 Å². The van der Waals surface area contributed by atoms with E-state index in [0.717, 1.165) is 19.4 Å². The Morgan fingerprint density at radius 2 is 2.21 bits per heavy atom. The number of hydrogen-bond donors (Lipinski definition) is 2. The fourth-order valence-electron chi connectivity index (χ4n) is 1.44. The number of rotatable bonds is 2. The first-order valence-corrected chi connectivity index (χ1v) is 4.54. The van der Waals surface area contributed by atoms with E-state index >= 15 is 0 Å². The van der Waals surface area contributed by atoms with Gasteiger partial charge in [-0.25, -0.2) is 0 Å². The summed E-state index contributed by atoms with van der Waals surface area (Å²) in [6.45, 7) is 1.43. The zero-order chi connectivity index (χ0) is 10.6. The van der Waals surface area contributed by atoms with Crippen LogP contribution in [0.3, 0.4) is 0 Å². The quantitative estimate of drug-likeness (QED) is 0.708. The molecule has 0 spiro atoms. The third-order valence-corrected chi connectivity index (χ3v) is 2.02. The van der Waals surface area contributed by atoms with Crippen LogP contribution in [0, 0.1) is 0 Å². The van der Waals surface area contributed by atoms with Gasteiger partial charge in [0.2, 0.25) is 5.91 Å². The molecule has 0 radical (unpaired) electrons. The highest BCUT2D eigenvalue weighted by atomic mass is 19.4. The molecule has 14 heavy (non-hydrogen) atoms. The Bertz CT molecular complexity index is 199. The van der Waals surface area contributed by atoms with Crippen molar-refractivity contribution in [3.8, 4) is 0 Å².